The molecule has 1 fully saturated rings. The van der Waals surface area contributed by atoms with E-state index in [9.17, 15) is 0 Å². The van der Waals surface area contributed by atoms with E-state index in [1.54, 1.807) is 0 Å². The molecule has 0 aromatic heterocycles. The van der Waals surface area contributed by atoms with Gasteiger partial charge in [-0.2, -0.15) is 0 Å². The Balaban J connectivity index is 1.91. The Morgan fingerprint density at radius 1 is 1.60 bits per heavy atom. The summed E-state index contributed by atoms with van der Waals surface area (Å²) < 4.78 is 5.27. The predicted molar refractivity (Wildman–Crippen MR) is 42.1 cm³/mol. The van der Waals surface area contributed by atoms with Gasteiger partial charge in [0.1, 0.15) is 0 Å². The van der Waals surface area contributed by atoms with Crippen LogP contribution < -0.4 is 5.32 Å². The Labute approximate surface area is 63.0 Å². The maximum Gasteiger partial charge on any atom is 0.0469 e. The molecule has 0 spiro atoms. The van der Waals surface area contributed by atoms with Crippen LogP contribution in [0.15, 0.2) is 0 Å². The number of ether oxygens (including phenoxy) is 1. The molecule has 0 amide bonds. The van der Waals surface area contributed by atoms with Crippen LogP contribution in [-0.2, 0) is 4.74 Å². The molecule has 0 bridgehead atoms. The second-order valence-corrected chi connectivity index (χ2v) is 2.84. The fourth-order valence-corrected chi connectivity index (χ4v) is 1.36. The van der Waals surface area contributed by atoms with E-state index < -0.39 is 0 Å². The third-order valence-corrected chi connectivity index (χ3v) is 2.04. The molecular weight excluding hydrogens is 126 g/mol. The summed E-state index contributed by atoms with van der Waals surface area (Å²) in [4.78, 5) is 0. The summed E-state index contributed by atoms with van der Waals surface area (Å²) in [6.45, 7) is 6.26. The minimum absolute atomic E-state index is 0.861. The van der Waals surface area contributed by atoms with E-state index in [0.717, 1.165) is 19.1 Å². The highest BCUT2D eigenvalue weighted by atomic mass is 16.5. The lowest BCUT2D eigenvalue weighted by atomic mass is 10.1. The Bertz CT molecular complexity index is 79.3. The highest BCUT2D eigenvalue weighted by molar-refractivity contribution is 4.70. The first-order valence-corrected chi connectivity index (χ1v) is 4.22. The van der Waals surface area contributed by atoms with E-state index in [0.29, 0.717) is 0 Å². The summed E-state index contributed by atoms with van der Waals surface area (Å²) in [6.07, 6.45) is 2.58. The van der Waals surface area contributed by atoms with Crippen LogP contribution in [-0.4, -0.2) is 26.3 Å². The molecule has 60 valence electrons. The van der Waals surface area contributed by atoms with Gasteiger partial charge in [-0.25, -0.2) is 0 Å². The minimum Gasteiger partial charge on any atom is -0.382 e. The van der Waals surface area contributed by atoms with Crippen molar-refractivity contribution in [2.24, 2.45) is 5.92 Å². The third kappa shape index (κ3) is 2.67. The molecule has 0 aromatic rings. The van der Waals surface area contributed by atoms with E-state index in [2.05, 4.69) is 5.32 Å². The van der Waals surface area contributed by atoms with Crippen LogP contribution in [0.25, 0.3) is 0 Å². The fraction of sp³-hybridized carbons (Fsp3) is 1.00. The summed E-state index contributed by atoms with van der Waals surface area (Å²) in [5.74, 6) is 0.881. The second-order valence-electron chi connectivity index (χ2n) is 2.84. The molecule has 1 heterocycles. The van der Waals surface area contributed by atoms with Crippen LogP contribution in [0.1, 0.15) is 19.8 Å². The van der Waals surface area contributed by atoms with Gasteiger partial charge >= 0.3 is 0 Å². The number of nitrogens with one attached hydrogen (secondary N) is 1. The molecule has 0 aromatic carbocycles. The fourth-order valence-electron chi connectivity index (χ4n) is 1.36. The van der Waals surface area contributed by atoms with E-state index in [-0.39, 0.29) is 0 Å². The van der Waals surface area contributed by atoms with Gasteiger partial charge in [0.25, 0.3) is 0 Å². The van der Waals surface area contributed by atoms with Crippen molar-refractivity contribution in [3.05, 3.63) is 0 Å². The second kappa shape index (κ2) is 4.69. The molecule has 0 saturated carbocycles. The molecule has 10 heavy (non-hydrogen) atoms. The van der Waals surface area contributed by atoms with E-state index in [4.69, 9.17) is 4.74 Å². The maximum atomic E-state index is 5.27. The average molecular weight is 143 g/mol. The van der Waals surface area contributed by atoms with E-state index in [1.807, 2.05) is 6.92 Å². The predicted octanol–water partition coefficient (Wildman–Crippen LogP) is 1.02. The lowest BCUT2D eigenvalue weighted by Crippen LogP contribution is -2.10. The summed E-state index contributed by atoms with van der Waals surface area (Å²) >= 11 is 0. The third-order valence-electron chi connectivity index (χ3n) is 2.04. The summed E-state index contributed by atoms with van der Waals surface area (Å²) in [7, 11) is 0. The first-order valence-electron chi connectivity index (χ1n) is 4.22. The lowest BCUT2D eigenvalue weighted by Gasteiger charge is -2.06. The van der Waals surface area contributed by atoms with Gasteiger partial charge in [-0.1, -0.05) is 0 Å². The largest absolute Gasteiger partial charge is 0.382 e. The van der Waals surface area contributed by atoms with Gasteiger partial charge in [0.15, 0.2) is 0 Å². The smallest absolute Gasteiger partial charge is 0.0469 e. The Morgan fingerprint density at radius 2 is 2.50 bits per heavy atom. The molecule has 1 aliphatic rings. The van der Waals surface area contributed by atoms with Gasteiger partial charge in [-0.15, -0.1) is 0 Å². The first kappa shape index (κ1) is 8.02. The zero-order chi connectivity index (χ0) is 7.23. The van der Waals surface area contributed by atoms with Gasteiger partial charge < -0.3 is 10.1 Å². The van der Waals surface area contributed by atoms with Crippen molar-refractivity contribution in [2.75, 3.05) is 26.3 Å². The zero-order valence-electron chi connectivity index (χ0n) is 6.73. The van der Waals surface area contributed by atoms with Crippen molar-refractivity contribution < 1.29 is 4.74 Å². The van der Waals surface area contributed by atoms with Crippen molar-refractivity contribution in [1.82, 2.24) is 5.32 Å². The van der Waals surface area contributed by atoms with Gasteiger partial charge in [-0.3, -0.25) is 0 Å². The summed E-state index contributed by atoms with van der Waals surface area (Å²) in [5.41, 5.74) is 0. The van der Waals surface area contributed by atoms with Crippen LogP contribution in [0.2, 0.25) is 0 Å². The van der Waals surface area contributed by atoms with Crippen molar-refractivity contribution in [3.63, 3.8) is 0 Å². The zero-order valence-corrected chi connectivity index (χ0v) is 6.73. The minimum atomic E-state index is 0.861. The summed E-state index contributed by atoms with van der Waals surface area (Å²) in [6, 6.07) is 0. The van der Waals surface area contributed by atoms with Gasteiger partial charge in [0.05, 0.1) is 0 Å². The van der Waals surface area contributed by atoms with Crippen LogP contribution in [0.5, 0.6) is 0 Å². The Kier molecular flexibility index (Phi) is 3.76. The van der Waals surface area contributed by atoms with Crippen molar-refractivity contribution in [1.29, 1.82) is 0 Å². The van der Waals surface area contributed by atoms with E-state index >= 15 is 0 Å². The molecular formula is C8H17NO. The lowest BCUT2D eigenvalue weighted by molar-refractivity contribution is 0.134. The molecule has 0 radical (unpaired) electrons. The molecule has 0 aliphatic carbocycles. The normalized spacial score (nSPS) is 25.5. The molecule has 1 atom stereocenters. The van der Waals surface area contributed by atoms with Crippen LogP contribution in [0.4, 0.5) is 0 Å². The number of hydrogen-bond donors (Lipinski definition) is 1. The van der Waals surface area contributed by atoms with Crippen molar-refractivity contribution in [3.8, 4) is 0 Å². The van der Waals surface area contributed by atoms with Gasteiger partial charge in [-0.05, 0) is 38.8 Å². The first-order chi connectivity index (χ1) is 4.93. The quantitative estimate of drug-likeness (QED) is 0.593. The molecule has 2 heteroatoms. The molecule has 1 rings (SSSR count). The standard InChI is InChI=1S/C8H17NO/c1-2-10-6-4-8-3-5-9-7-8/h8-9H,2-7H2,1H3/t8-/m0/s1. The SMILES string of the molecule is CCOCC[C@@H]1CCNC1. The van der Waals surface area contributed by atoms with Crippen LogP contribution in [0, 0.1) is 5.92 Å². The molecule has 2 nitrogen and oxygen atoms in total. The Hall–Kier alpha value is -0.0800. The van der Waals surface area contributed by atoms with Crippen molar-refractivity contribution in [2.45, 2.75) is 19.8 Å². The van der Waals surface area contributed by atoms with Crippen LogP contribution in [0.3, 0.4) is 0 Å². The van der Waals surface area contributed by atoms with Crippen LogP contribution >= 0.6 is 0 Å². The molecule has 1 N–H and O–H groups in total. The molecule has 0 unspecified atom stereocenters. The highest BCUT2D eigenvalue weighted by Crippen LogP contribution is 2.11. The highest BCUT2D eigenvalue weighted by Gasteiger charge is 2.12. The summed E-state index contributed by atoms with van der Waals surface area (Å²) in [5, 5.41) is 3.34. The molecule has 1 saturated heterocycles. The van der Waals surface area contributed by atoms with Crippen molar-refractivity contribution >= 4 is 0 Å². The Morgan fingerprint density at radius 3 is 3.10 bits per heavy atom. The van der Waals surface area contributed by atoms with Gasteiger partial charge in [0, 0.05) is 13.2 Å². The van der Waals surface area contributed by atoms with Gasteiger partial charge in [0.2, 0.25) is 0 Å². The molecule has 1 aliphatic heterocycles. The topological polar surface area (TPSA) is 21.3 Å². The number of rotatable bonds is 4. The number of hydrogen-bond acceptors (Lipinski definition) is 2. The average Bonchev–Trinajstić information content (AvgIpc) is 2.41. The monoisotopic (exact) mass is 143 g/mol. The van der Waals surface area contributed by atoms with E-state index in [1.165, 1.54) is 25.9 Å². The maximum absolute atomic E-state index is 5.27.